The molecule has 0 radical (unpaired) electrons. The van der Waals surface area contributed by atoms with Crippen LogP contribution < -0.4 is 0 Å². The highest BCUT2D eigenvalue weighted by molar-refractivity contribution is 7.99. The zero-order valence-electron chi connectivity index (χ0n) is 13.7. The summed E-state index contributed by atoms with van der Waals surface area (Å²) in [7, 11) is 0. The van der Waals surface area contributed by atoms with Gasteiger partial charge in [0.1, 0.15) is 0 Å². The molecule has 1 aromatic carbocycles. The molecule has 0 N–H and O–H groups in total. The van der Waals surface area contributed by atoms with Crippen LogP contribution in [0.5, 0.6) is 0 Å². The van der Waals surface area contributed by atoms with Gasteiger partial charge in [-0.2, -0.15) is 0 Å². The van der Waals surface area contributed by atoms with Gasteiger partial charge in [-0.1, -0.05) is 49.0 Å². The largest absolute Gasteiger partial charge is 0.302 e. The Morgan fingerprint density at radius 1 is 1.12 bits per heavy atom. The number of aryl methyl sites for hydroxylation is 1. The summed E-state index contributed by atoms with van der Waals surface area (Å²) in [6.07, 6.45) is 0.968. The third-order valence-electron chi connectivity index (χ3n) is 3.68. The standard InChI is InChI=1S/C18H19N3OS2/c1-3-14-10-11-16(24-14)15(22)12-23-18-20-19-17(21(18)4-2)13-8-6-5-7-9-13/h5-11H,3-4,12H2,1-2H3. The van der Waals surface area contributed by atoms with E-state index in [-0.39, 0.29) is 5.78 Å². The maximum atomic E-state index is 12.4. The van der Waals surface area contributed by atoms with E-state index >= 15 is 0 Å². The molecule has 4 nitrogen and oxygen atoms in total. The third kappa shape index (κ3) is 3.60. The monoisotopic (exact) mass is 357 g/mol. The number of hydrogen-bond donors (Lipinski definition) is 0. The molecule has 0 unspecified atom stereocenters. The van der Waals surface area contributed by atoms with Gasteiger partial charge in [-0.15, -0.1) is 21.5 Å². The van der Waals surface area contributed by atoms with Gasteiger partial charge in [-0.25, -0.2) is 0 Å². The van der Waals surface area contributed by atoms with Crippen molar-refractivity contribution in [2.75, 3.05) is 5.75 Å². The Hall–Kier alpha value is -1.92. The molecule has 24 heavy (non-hydrogen) atoms. The van der Waals surface area contributed by atoms with Gasteiger partial charge in [-0.3, -0.25) is 4.79 Å². The summed E-state index contributed by atoms with van der Waals surface area (Å²) in [6, 6.07) is 14.0. The van der Waals surface area contributed by atoms with Crippen LogP contribution in [-0.4, -0.2) is 26.3 Å². The number of nitrogens with zero attached hydrogens (tertiary/aromatic N) is 3. The number of rotatable bonds is 7. The Labute approximate surface area is 149 Å². The molecule has 0 aliphatic carbocycles. The molecule has 0 aliphatic heterocycles. The Balaban J connectivity index is 1.74. The fraction of sp³-hybridized carbons (Fsp3) is 0.278. The van der Waals surface area contributed by atoms with Crippen molar-refractivity contribution in [2.45, 2.75) is 32.0 Å². The van der Waals surface area contributed by atoms with Gasteiger partial charge in [0.25, 0.3) is 0 Å². The average molecular weight is 358 g/mol. The zero-order chi connectivity index (χ0) is 16.9. The summed E-state index contributed by atoms with van der Waals surface area (Å²) in [5, 5.41) is 9.38. The molecule has 0 bridgehead atoms. The minimum atomic E-state index is 0.150. The molecule has 0 atom stereocenters. The molecule has 124 valence electrons. The van der Waals surface area contributed by atoms with Gasteiger partial charge in [0.05, 0.1) is 10.6 Å². The van der Waals surface area contributed by atoms with Crippen LogP contribution >= 0.6 is 23.1 Å². The SMILES string of the molecule is CCc1ccc(C(=O)CSc2nnc(-c3ccccc3)n2CC)s1. The molecule has 3 rings (SSSR count). The van der Waals surface area contributed by atoms with E-state index in [1.807, 2.05) is 42.5 Å². The maximum absolute atomic E-state index is 12.4. The number of Topliss-reactive ketones (excluding diaryl/α,β-unsaturated/α-hetero) is 1. The minimum Gasteiger partial charge on any atom is -0.302 e. The second kappa shape index (κ2) is 7.77. The van der Waals surface area contributed by atoms with Gasteiger partial charge in [0.2, 0.25) is 0 Å². The predicted octanol–water partition coefficient (Wildman–Crippen LogP) is 4.56. The van der Waals surface area contributed by atoms with E-state index in [2.05, 4.69) is 28.6 Å². The number of carbonyl (C=O) groups is 1. The lowest BCUT2D eigenvalue weighted by Crippen LogP contribution is -2.03. The minimum absolute atomic E-state index is 0.150. The van der Waals surface area contributed by atoms with E-state index in [4.69, 9.17) is 0 Å². The van der Waals surface area contributed by atoms with Crippen molar-refractivity contribution in [1.29, 1.82) is 0 Å². The summed E-state index contributed by atoms with van der Waals surface area (Å²) in [5.41, 5.74) is 1.04. The van der Waals surface area contributed by atoms with E-state index in [0.717, 1.165) is 34.4 Å². The number of hydrogen-bond acceptors (Lipinski definition) is 5. The number of thiophene rings is 1. The lowest BCUT2D eigenvalue weighted by molar-refractivity contribution is 0.102. The molecule has 0 fully saturated rings. The van der Waals surface area contributed by atoms with Crippen LogP contribution in [-0.2, 0) is 13.0 Å². The molecule has 0 spiro atoms. The summed E-state index contributed by atoms with van der Waals surface area (Å²) in [6.45, 7) is 4.94. The summed E-state index contributed by atoms with van der Waals surface area (Å²) in [5.74, 6) is 1.38. The highest BCUT2D eigenvalue weighted by atomic mass is 32.2. The van der Waals surface area contributed by atoms with Gasteiger partial charge in [0.15, 0.2) is 16.8 Å². The smallest absolute Gasteiger partial charge is 0.191 e. The Bertz CT molecular complexity index is 824. The highest BCUT2D eigenvalue weighted by Gasteiger charge is 2.15. The molecule has 2 heterocycles. The van der Waals surface area contributed by atoms with E-state index in [1.165, 1.54) is 16.6 Å². The average Bonchev–Trinajstić information content (AvgIpc) is 3.27. The zero-order valence-corrected chi connectivity index (χ0v) is 15.4. The molecule has 0 amide bonds. The first kappa shape index (κ1) is 16.9. The molecule has 0 aliphatic rings. The van der Waals surface area contributed by atoms with Crippen molar-refractivity contribution in [1.82, 2.24) is 14.8 Å². The first-order chi connectivity index (χ1) is 11.7. The number of thioether (sulfide) groups is 1. The first-order valence-electron chi connectivity index (χ1n) is 7.96. The van der Waals surface area contributed by atoms with E-state index in [0.29, 0.717) is 5.75 Å². The number of ketones is 1. The fourth-order valence-electron chi connectivity index (χ4n) is 2.40. The molecule has 6 heteroatoms. The highest BCUT2D eigenvalue weighted by Crippen LogP contribution is 2.25. The van der Waals surface area contributed by atoms with E-state index in [1.54, 1.807) is 11.3 Å². The van der Waals surface area contributed by atoms with E-state index < -0.39 is 0 Å². The molecule has 3 aromatic rings. The van der Waals surface area contributed by atoms with Crippen molar-refractivity contribution < 1.29 is 4.79 Å². The summed E-state index contributed by atoms with van der Waals surface area (Å²) < 4.78 is 2.05. The summed E-state index contributed by atoms with van der Waals surface area (Å²) in [4.78, 5) is 14.4. The number of aromatic nitrogens is 3. The van der Waals surface area contributed by atoms with Gasteiger partial charge in [-0.05, 0) is 25.5 Å². The number of carbonyl (C=O) groups excluding carboxylic acids is 1. The number of benzene rings is 1. The quantitative estimate of drug-likeness (QED) is 0.459. The lowest BCUT2D eigenvalue weighted by Gasteiger charge is -2.06. The van der Waals surface area contributed by atoms with Crippen LogP contribution in [0.25, 0.3) is 11.4 Å². The molecule has 0 saturated heterocycles. The van der Waals surface area contributed by atoms with Crippen molar-refractivity contribution in [3.8, 4) is 11.4 Å². The van der Waals surface area contributed by atoms with Crippen LogP contribution in [0.4, 0.5) is 0 Å². The van der Waals surface area contributed by atoms with Crippen LogP contribution in [0.2, 0.25) is 0 Å². The van der Waals surface area contributed by atoms with E-state index in [9.17, 15) is 4.79 Å². The van der Waals surface area contributed by atoms with Crippen molar-refractivity contribution >= 4 is 28.9 Å². The summed E-state index contributed by atoms with van der Waals surface area (Å²) >= 11 is 3.04. The molecular weight excluding hydrogens is 338 g/mol. The third-order valence-corrected chi connectivity index (χ3v) is 5.92. The molecule has 2 aromatic heterocycles. The van der Waals surface area contributed by atoms with Crippen LogP contribution in [0.1, 0.15) is 28.4 Å². The normalized spacial score (nSPS) is 10.9. The second-order valence-electron chi connectivity index (χ2n) is 5.25. The van der Waals surface area contributed by atoms with Gasteiger partial charge < -0.3 is 4.57 Å². The van der Waals surface area contributed by atoms with Gasteiger partial charge >= 0.3 is 0 Å². The first-order valence-corrected chi connectivity index (χ1v) is 9.76. The van der Waals surface area contributed by atoms with Crippen molar-refractivity contribution in [3.63, 3.8) is 0 Å². The second-order valence-corrected chi connectivity index (χ2v) is 7.36. The Kier molecular flexibility index (Phi) is 5.48. The topological polar surface area (TPSA) is 47.8 Å². The lowest BCUT2D eigenvalue weighted by atomic mass is 10.2. The Morgan fingerprint density at radius 2 is 1.92 bits per heavy atom. The maximum Gasteiger partial charge on any atom is 0.191 e. The van der Waals surface area contributed by atoms with Crippen LogP contribution in [0.15, 0.2) is 47.6 Å². The van der Waals surface area contributed by atoms with Crippen LogP contribution in [0, 0.1) is 0 Å². The molecule has 0 saturated carbocycles. The van der Waals surface area contributed by atoms with Gasteiger partial charge in [0, 0.05) is 17.0 Å². The van der Waals surface area contributed by atoms with Crippen LogP contribution in [0.3, 0.4) is 0 Å². The molecular formula is C18H19N3OS2. The Morgan fingerprint density at radius 3 is 2.58 bits per heavy atom. The fourth-order valence-corrected chi connectivity index (χ4v) is 4.26. The predicted molar refractivity (Wildman–Crippen MR) is 99.9 cm³/mol. The van der Waals surface area contributed by atoms with Crippen molar-refractivity contribution in [2.24, 2.45) is 0 Å². The van der Waals surface area contributed by atoms with Crippen molar-refractivity contribution in [3.05, 3.63) is 52.2 Å².